The molecule has 0 aliphatic rings. The zero-order valence-corrected chi connectivity index (χ0v) is 17.4. The molecule has 0 radical (unpaired) electrons. The van der Waals surface area contributed by atoms with Crippen molar-refractivity contribution in [2.45, 2.75) is 6.42 Å². The molecule has 1 aromatic carbocycles. The molecule has 0 saturated heterocycles. The second-order valence-corrected chi connectivity index (χ2v) is 6.15. The zero-order valence-electron chi connectivity index (χ0n) is 15.1. The molecule has 7 heteroatoms. The van der Waals surface area contributed by atoms with Gasteiger partial charge in [-0.25, -0.2) is 0 Å². The molecule has 0 fully saturated rings. The van der Waals surface area contributed by atoms with Crippen LogP contribution in [0.25, 0.3) is 22.6 Å². The third-order valence-electron chi connectivity index (χ3n) is 4.20. The van der Waals surface area contributed by atoms with Crippen LogP contribution in [-0.4, -0.2) is 19.9 Å². The van der Waals surface area contributed by atoms with Crippen LogP contribution in [0, 0.1) is 16.2 Å². The van der Waals surface area contributed by atoms with Crippen molar-refractivity contribution in [2.75, 3.05) is 0 Å². The maximum absolute atomic E-state index is 11.0. The van der Waals surface area contributed by atoms with Crippen molar-refractivity contribution < 1.29 is 26.0 Å². The van der Waals surface area contributed by atoms with E-state index >= 15 is 0 Å². The monoisotopic (exact) mass is 562 g/mol. The SMILES string of the molecule is O=[N+]([O-])c1ccnc(-c2cccc(-c3[c-]c(Cc4ccccn4)ccc3)n2)c1.[Pt]. The molecule has 3 aromatic heterocycles. The quantitative estimate of drug-likeness (QED) is 0.203. The molecule has 0 spiro atoms. The van der Waals surface area contributed by atoms with Crippen LogP contribution >= 0.6 is 0 Å². The van der Waals surface area contributed by atoms with E-state index < -0.39 is 4.92 Å². The average Bonchev–Trinajstić information content (AvgIpc) is 2.75. The van der Waals surface area contributed by atoms with Crippen molar-refractivity contribution in [3.8, 4) is 22.6 Å². The first-order chi connectivity index (χ1) is 13.7. The molecule has 0 N–H and O–H groups in total. The Morgan fingerprint density at radius 1 is 0.862 bits per heavy atom. The summed E-state index contributed by atoms with van der Waals surface area (Å²) in [6.07, 6.45) is 3.87. The van der Waals surface area contributed by atoms with E-state index in [1.807, 2.05) is 48.5 Å². The van der Waals surface area contributed by atoms with Crippen molar-refractivity contribution >= 4 is 5.69 Å². The third-order valence-corrected chi connectivity index (χ3v) is 4.20. The second kappa shape index (κ2) is 9.30. The fourth-order valence-electron chi connectivity index (χ4n) is 2.87. The maximum atomic E-state index is 11.0. The van der Waals surface area contributed by atoms with E-state index in [0.29, 0.717) is 17.8 Å². The summed E-state index contributed by atoms with van der Waals surface area (Å²) in [5.74, 6) is 0. The van der Waals surface area contributed by atoms with Gasteiger partial charge in [-0.15, -0.1) is 35.4 Å². The van der Waals surface area contributed by atoms with Crippen LogP contribution in [0.2, 0.25) is 0 Å². The Bertz CT molecular complexity index is 1140. The van der Waals surface area contributed by atoms with E-state index in [2.05, 4.69) is 21.0 Å². The zero-order chi connectivity index (χ0) is 19.3. The van der Waals surface area contributed by atoms with Crippen molar-refractivity contribution in [3.05, 3.63) is 107 Å². The summed E-state index contributed by atoms with van der Waals surface area (Å²) in [4.78, 5) is 23.8. The van der Waals surface area contributed by atoms with Crippen molar-refractivity contribution in [3.63, 3.8) is 0 Å². The second-order valence-electron chi connectivity index (χ2n) is 6.15. The normalized spacial score (nSPS) is 10.2. The largest absolute Gasteiger partial charge is 0.295 e. The number of aromatic nitrogens is 3. The summed E-state index contributed by atoms with van der Waals surface area (Å²) >= 11 is 0. The van der Waals surface area contributed by atoms with E-state index in [4.69, 9.17) is 0 Å². The summed E-state index contributed by atoms with van der Waals surface area (Å²) in [6, 6.07) is 23.4. The number of nitrogens with zero attached hydrogens (tertiary/aromatic N) is 4. The van der Waals surface area contributed by atoms with Gasteiger partial charge in [0.15, 0.2) is 0 Å². The predicted octanol–water partition coefficient (Wildman–Crippen LogP) is 4.50. The molecule has 0 aliphatic heterocycles. The van der Waals surface area contributed by atoms with Gasteiger partial charge in [-0.05, 0) is 30.3 Å². The number of nitro groups is 1. The smallest absolute Gasteiger partial charge is 0.273 e. The summed E-state index contributed by atoms with van der Waals surface area (Å²) in [5.41, 5.74) is 4.58. The Labute approximate surface area is 182 Å². The van der Waals surface area contributed by atoms with E-state index in [-0.39, 0.29) is 26.8 Å². The first kappa shape index (κ1) is 20.5. The van der Waals surface area contributed by atoms with Crippen LogP contribution in [0.3, 0.4) is 0 Å². The molecule has 0 aliphatic carbocycles. The summed E-state index contributed by atoms with van der Waals surface area (Å²) < 4.78 is 0. The fourth-order valence-corrected chi connectivity index (χ4v) is 2.87. The number of pyridine rings is 3. The van der Waals surface area contributed by atoms with Crippen LogP contribution in [0.15, 0.2) is 79.1 Å². The molecule has 146 valence electrons. The molecular formula is C22H15N4O2Pt-. The molecule has 0 bridgehead atoms. The standard InChI is InChI=1S/C22H15N4O2.Pt/c27-26(28)19-10-12-24-22(15-19)21-9-4-8-20(25-21)17-6-3-5-16(13-17)14-18-7-1-2-11-23-18;/h1-12,15H,14H2;/q-1;. The number of rotatable bonds is 5. The summed E-state index contributed by atoms with van der Waals surface area (Å²) in [5, 5.41) is 11.0. The minimum absolute atomic E-state index is 0. The molecular weight excluding hydrogens is 547 g/mol. The molecule has 29 heavy (non-hydrogen) atoms. The molecule has 3 heterocycles. The van der Waals surface area contributed by atoms with Gasteiger partial charge >= 0.3 is 0 Å². The molecule has 6 nitrogen and oxygen atoms in total. The Hall–Kier alpha value is -3.24. The van der Waals surface area contributed by atoms with Gasteiger partial charge in [-0.2, -0.15) is 0 Å². The molecule has 0 atom stereocenters. The van der Waals surface area contributed by atoms with Gasteiger partial charge in [0.1, 0.15) is 0 Å². The molecule has 0 unspecified atom stereocenters. The van der Waals surface area contributed by atoms with Gasteiger partial charge in [0, 0.05) is 51.3 Å². The molecule has 4 aromatic rings. The third kappa shape index (κ3) is 4.98. The fraction of sp³-hybridized carbons (Fsp3) is 0.0455. The van der Waals surface area contributed by atoms with Crippen molar-refractivity contribution in [2.24, 2.45) is 0 Å². The van der Waals surface area contributed by atoms with Gasteiger partial charge in [-0.3, -0.25) is 25.1 Å². The molecule has 0 amide bonds. The summed E-state index contributed by atoms with van der Waals surface area (Å²) in [7, 11) is 0. The number of benzene rings is 1. The predicted molar refractivity (Wildman–Crippen MR) is 105 cm³/mol. The Morgan fingerprint density at radius 2 is 1.69 bits per heavy atom. The van der Waals surface area contributed by atoms with Gasteiger partial charge in [0.2, 0.25) is 0 Å². The minimum atomic E-state index is -0.441. The Kier molecular flexibility index (Phi) is 6.57. The van der Waals surface area contributed by atoms with Crippen LogP contribution in [0.1, 0.15) is 11.3 Å². The number of hydrogen-bond acceptors (Lipinski definition) is 5. The first-order valence-electron chi connectivity index (χ1n) is 8.68. The Balaban J connectivity index is 0.00000240. The van der Waals surface area contributed by atoms with Gasteiger partial charge in [0.05, 0.1) is 16.3 Å². The topological polar surface area (TPSA) is 81.8 Å². The van der Waals surface area contributed by atoms with Crippen LogP contribution in [-0.2, 0) is 27.5 Å². The van der Waals surface area contributed by atoms with Crippen molar-refractivity contribution in [1.82, 2.24) is 15.0 Å². The number of hydrogen-bond donors (Lipinski definition) is 0. The van der Waals surface area contributed by atoms with E-state index in [9.17, 15) is 10.1 Å². The minimum Gasteiger partial charge on any atom is -0.295 e. The molecule has 0 saturated carbocycles. The summed E-state index contributed by atoms with van der Waals surface area (Å²) in [6.45, 7) is 0. The van der Waals surface area contributed by atoms with Gasteiger partial charge in [-0.1, -0.05) is 18.2 Å². The van der Waals surface area contributed by atoms with Crippen LogP contribution < -0.4 is 0 Å². The Morgan fingerprint density at radius 3 is 2.48 bits per heavy atom. The van der Waals surface area contributed by atoms with Gasteiger partial charge < -0.3 is 0 Å². The van der Waals surface area contributed by atoms with Crippen LogP contribution in [0.5, 0.6) is 0 Å². The van der Waals surface area contributed by atoms with E-state index in [0.717, 1.165) is 22.5 Å². The first-order valence-corrected chi connectivity index (χ1v) is 8.68. The van der Waals surface area contributed by atoms with Crippen molar-refractivity contribution in [1.29, 1.82) is 0 Å². The molecule has 4 rings (SSSR count). The van der Waals surface area contributed by atoms with Gasteiger partial charge in [0.25, 0.3) is 5.69 Å². The van der Waals surface area contributed by atoms with Crippen LogP contribution in [0.4, 0.5) is 5.69 Å². The maximum Gasteiger partial charge on any atom is 0.273 e. The van der Waals surface area contributed by atoms with E-state index in [1.54, 1.807) is 12.3 Å². The van der Waals surface area contributed by atoms with E-state index in [1.165, 1.54) is 18.3 Å². The average molecular weight is 562 g/mol.